The highest BCUT2D eigenvalue weighted by Crippen LogP contribution is 2.38. The lowest BCUT2D eigenvalue weighted by molar-refractivity contribution is -0.165. The molecule has 0 aromatic carbocycles. The van der Waals surface area contributed by atoms with Gasteiger partial charge in [0.1, 0.15) is 19.3 Å². The van der Waals surface area contributed by atoms with E-state index < -0.39 is 17.6 Å². The molecule has 0 saturated carbocycles. The summed E-state index contributed by atoms with van der Waals surface area (Å²) in [5.41, 5.74) is 0.383. The van der Waals surface area contributed by atoms with Crippen molar-refractivity contribution in [2.45, 2.75) is 63.8 Å². The van der Waals surface area contributed by atoms with E-state index in [4.69, 9.17) is 4.74 Å². The van der Waals surface area contributed by atoms with Gasteiger partial charge in [-0.1, -0.05) is 12.5 Å². The lowest BCUT2D eigenvalue weighted by Crippen LogP contribution is -2.46. The first-order chi connectivity index (χ1) is 17.4. The molecule has 0 unspecified atom stereocenters. The molecule has 2 N–H and O–H groups in total. The fourth-order valence-electron chi connectivity index (χ4n) is 5.09. The lowest BCUT2D eigenvalue weighted by atomic mass is 9.74. The van der Waals surface area contributed by atoms with E-state index in [9.17, 15) is 19.8 Å². The summed E-state index contributed by atoms with van der Waals surface area (Å²) in [7, 11) is 0. The van der Waals surface area contributed by atoms with Gasteiger partial charge >= 0.3 is 5.97 Å². The number of carbonyl (C=O) groups excluding carboxylic acids is 2. The van der Waals surface area contributed by atoms with Crippen LogP contribution in [0.25, 0.3) is 0 Å². The van der Waals surface area contributed by atoms with Gasteiger partial charge in [-0.15, -0.1) is 0 Å². The molecule has 10 heteroatoms. The molecule has 1 spiro atoms. The van der Waals surface area contributed by atoms with Gasteiger partial charge < -0.3 is 24.4 Å². The van der Waals surface area contributed by atoms with Gasteiger partial charge in [-0.05, 0) is 57.3 Å². The van der Waals surface area contributed by atoms with Crippen LogP contribution in [0.2, 0.25) is 0 Å². The number of hydrogen-bond acceptors (Lipinski definition) is 8. The number of esters is 1. The number of aliphatic hydroxyl groups is 2. The van der Waals surface area contributed by atoms with Gasteiger partial charge in [0.25, 0.3) is 0 Å². The number of piperidine rings is 1. The number of cyclic esters (lactones) is 1. The quantitative estimate of drug-likeness (QED) is 0.603. The lowest BCUT2D eigenvalue weighted by Gasteiger charge is -2.40. The Bertz CT molecular complexity index is 962. The van der Waals surface area contributed by atoms with E-state index in [2.05, 4.69) is 14.9 Å². The van der Waals surface area contributed by atoms with Gasteiger partial charge in [0.05, 0.1) is 23.5 Å². The third kappa shape index (κ3) is 6.89. The molecule has 2 fully saturated rings. The van der Waals surface area contributed by atoms with Crippen LogP contribution in [0.1, 0.15) is 44.2 Å². The van der Waals surface area contributed by atoms with Crippen LogP contribution >= 0.6 is 0 Å². The molecule has 196 valence electrons. The number of imidazole rings is 1. The number of ether oxygens (including phenoxy) is 1. The number of amides is 1. The molecule has 4 heterocycles. The fourth-order valence-corrected chi connectivity index (χ4v) is 5.09. The Hall–Kier alpha value is -2.82. The molecule has 10 nitrogen and oxygen atoms in total. The highest BCUT2D eigenvalue weighted by molar-refractivity contribution is 5.77. The van der Waals surface area contributed by atoms with Crippen molar-refractivity contribution in [1.29, 1.82) is 0 Å². The molecular formula is C26H37N5O5. The van der Waals surface area contributed by atoms with E-state index in [0.29, 0.717) is 32.4 Å². The second-order valence-corrected chi connectivity index (χ2v) is 9.97. The van der Waals surface area contributed by atoms with Crippen molar-refractivity contribution in [3.8, 4) is 0 Å². The van der Waals surface area contributed by atoms with E-state index in [-0.39, 0.29) is 31.4 Å². The third-order valence-electron chi connectivity index (χ3n) is 7.45. The molecule has 0 bridgehead atoms. The summed E-state index contributed by atoms with van der Waals surface area (Å²) in [6.07, 6.45) is 8.24. The largest absolute Gasteiger partial charge is 0.462 e. The van der Waals surface area contributed by atoms with Crippen LogP contribution in [-0.4, -0.2) is 91.4 Å². The Kier molecular flexibility index (Phi) is 9.06. The molecule has 2 aliphatic rings. The Labute approximate surface area is 211 Å². The van der Waals surface area contributed by atoms with Crippen LogP contribution in [0.4, 0.5) is 0 Å². The van der Waals surface area contributed by atoms with Crippen LogP contribution in [0.3, 0.4) is 0 Å². The number of aromatic nitrogens is 3. The van der Waals surface area contributed by atoms with Crippen molar-refractivity contribution >= 4 is 11.9 Å². The van der Waals surface area contributed by atoms with E-state index in [1.54, 1.807) is 34.4 Å². The zero-order chi connectivity index (χ0) is 25.4. The average Bonchev–Trinajstić information content (AvgIpc) is 3.40. The summed E-state index contributed by atoms with van der Waals surface area (Å²) in [6.45, 7) is 3.04. The Balaban J connectivity index is 1.40. The molecule has 1 amide bonds. The maximum absolute atomic E-state index is 13.2. The molecule has 2 aromatic heterocycles. The molecule has 2 atom stereocenters. The topological polar surface area (TPSA) is 121 Å². The van der Waals surface area contributed by atoms with Crippen molar-refractivity contribution in [2.24, 2.45) is 5.41 Å². The van der Waals surface area contributed by atoms with Gasteiger partial charge in [-0.2, -0.15) is 0 Å². The van der Waals surface area contributed by atoms with Gasteiger partial charge in [0, 0.05) is 38.2 Å². The normalized spacial score (nSPS) is 24.4. The van der Waals surface area contributed by atoms with Crippen LogP contribution in [0.15, 0.2) is 43.1 Å². The molecule has 2 saturated heterocycles. The van der Waals surface area contributed by atoms with Gasteiger partial charge in [-0.25, -0.2) is 4.98 Å². The predicted molar refractivity (Wildman–Crippen MR) is 131 cm³/mol. The third-order valence-corrected chi connectivity index (χ3v) is 7.45. The summed E-state index contributed by atoms with van der Waals surface area (Å²) in [4.78, 5) is 38.6. The fraction of sp³-hybridized carbons (Fsp3) is 0.615. The highest BCUT2D eigenvalue weighted by Gasteiger charge is 2.42. The maximum Gasteiger partial charge on any atom is 0.312 e. The summed E-state index contributed by atoms with van der Waals surface area (Å²) in [5, 5.41) is 20.9. The summed E-state index contributed by atoms with van der Waals surface area (Å²) in [6, 6.07) is 5.88. The van der Waals surface area contributed by atoms with Crippen molar-refractivity contribution in [2.75, 3.05) is 32.8 Å². The number of hydrogen-bond donors (Lipinski definition) is 2. The number of aliphatic hydroxyl groups excluding tert-OH is 2. The number of nitrogens with zero attached hydrogens (tertiary/aromatic N) is 5. The Morgan fingerprint density at radius 2 is 1.89 bits per heavy atom. The van der Waals surface area contributed by atoms with Crippen molar-refractivity contribution in [3.63, 3.8) is 0 Å². The minimum Gasteiger partial charge on any atom is -0.462 e. The maximum atomic E-state index is 13.2. The van der Waals surface area contributed by atoms with Gasteiger partial charge in [0.15, 0.2) is 0 Å². The first-order valence-corrected chi connectivity index (χ1v) is 12.8. The Morgan fingerprint density at radius 1 is 1.06 bits per heavy atom. The van der Waals surface area contributed by atoms with Crippen molar-refractivity contribution in [3.05, 3.63) is 48.8 Å². The van der Waals surface area contributed by atoms with Crippen LogP contribution in [-0.2, 0) is 27.4 Å². The summed E-state index contributed by atoms with van der Waals surface area (Å²) >= 11 is 0. The van der Waals surface area contributed by atoms with E-state index in [0.717, 1.165) is 38.2 Å². The highest BCUT2D eigenvalue weighted by atomic mass is 16.5. The molecule has 0 aliphatic carbocycles. The second kappa shape index (κ2) is 12.4. The van der Waals surface area contributed by atoms with E-state index in [1.807, 2.05) is 18.2 Å². The average molecular weight is 500 g/mol. The number of likely N-dealkylation sites (tertiary alicyclic amines) is 1. The smallest absolute Gasteiger partial charge is 0.312 e. The first-order valence-electron chi connectivity index (χ1n) is 12.8. The molecule has 2 aliphatic heterocycles. The van der Waals surface area contributed by atoms with Crippen LogP contribution < -0.4 is 0 Å². The first kappa shape index (κ1) is 26.2. The molecule has 2 aromatic rings. The van der Waals surface area contributed by atoms with Crippen LogP contribution in [0, 0.1) is 5.41 Å². The number of rotatable bonds is 4. The van der Waals surface area contributed by atoms with Crippen molar-refractivity contribution < 1.29 is 24.5 Å². The van der Waals surface area contributed by atoms with Gasteiger partial charge in [-0.3, -0.25) is 19.5 Å². The molecule has 4 rings (SSSR count). The summed E-state index contributed by atoms with van der Waals surface area (Å²) in [5.74, 6) is -0.354. The standard InChI is InChI=1S/C26H37N5O5/c32-22-6-13-31(24(34)18-30-16-11-27-20-30)12-4-2-7-26(25(35)36-19-23(22)33)8-14-29(15-9-26)17-21-5-1-3-10-28-21/h1,3,5,10-11,16,20,22-23,32-33H,2,4,6-9,12-15,17-19H2/t22-,23+/m0/s1. The monoisotopic (exact) mass is 499 g/mol. The molecule has 0 radical (unpaired) electrons. The van der Waals surface area contributed by atoms with Crippen LogP contribution in [0.5, 0.6) is 0 Å². The summed E-state index contributed by atoms with van der Waals surface area (Å²) < 4.78 is 7.28. The number of pyridine rings is 1. The zero-order valence-corrected chi connectivity index (χ0v) is 20.7. The zero-order valence-electron chi connectivity index (χ0n) is 20.7. The van der Waals surface area contributed by atoms with Gasteiger partial charge in [0.2, 0.25) is 5.91 Å². The second-order valence-electron chi connectivity index (χ2n) is 9.97. The van der Waals surface area contributed by atoms with E-state index >= 15 is 0 Å². The minimum atomic E-state index is -1.19. The molecule has 36 heavy (non-hydrogen) atoms. The minimum absolute atomic E-state index is 0.0607. The molecular weight excluding hydrogens is 462 g/mol. The Morgan fingerprint density at radius 3 is 2.61 bits per heavy atom. The van der Waals surface area contributed by atoms with Crippen molar-refractivity contribution in [1.82, 2.24) is 24.3 Å². The predicted octanol–water partition coefficient (Wildman–Crippen LogP) is 1.23. The SMILES string of the molecule is O=C(Cn1ccnc1)N1CCCCC2(CCN(Cc3ccccn3)CC2)C(=O)OC[C@@H](O)[C@@H](O)CC1. The van der Waals surface area contributed by atoms with E-state index in [1.165, 1.54) is 0 Å². The number of carbonyl (C=O) groups is 2.